The number of aromatic nitrogens is 2. The van der Waals surface area contributed by atoms with Crippen molar-refractivity contribution >= 4 is 10.0 Å². The number of sulfonamides is 1. The number of piperidine rings is 1. The van der Waals surface area contributed by atoms with Crippen molar-refractivity contribution in [2.24, 2.45) is 5.92 Å². The first kappa shape index (κ1) is 20.0. The van der Waals surface area contributed by atoms with E-state index in [1.165, 1.54) is 0 Å². The first-order valence-corrected chi connectivity index (χ1v) is 11.7. The highest BCUT2D eigenvalue weighted by Crippen LogP contribution is 2.37. The smallest absolute Gasteiger partial charge is 0.258 e. The van der Waals surface area contributed by atoms with Crippen LogP contribution in [0.3, 0.4) is 0 Å². The molecule has 1 aromatic carbocycles. The van der Waals surface area contributed by atoms with Gasteiger partial charge in [0.1, 0.15) is 5.75 Å². The van der Waals surface area contributed by atoms with Gasteiger partial charge in [-0.25, -0.2) is 8.42 Å². The average Bonchev–Trinajstić information content (AvgIpc) is 2.80. The van der Waals surface area contributed by atoms with Crippen molar-refractivity contribution in [3.05, 3.63) is 77.0 Å². The standard InChI is InChI=1S/C23H23N3O4S/c1-30-19-4-6-20(7-5-19)31(28,29)25-13-16-11-18(15-25)22-9-8-21(23(27)26(22)14-16)17-3-2-10-24-12-17/h2-10,12,16,18H,11,13-15H2,1H3/t16-,18+/m0/s1. The molecule has 0 N–H and O–H groups in total. The van der Waals surface area contributed by atoms with Crippen LogP contribution in [-0.2, 0) is 16.6 Å². The maximum Gasteiger partial charge on any atom is 0.258 e. The van der Waals surface area contributed by atoms with Gasteiger partial charge >= 0.3 is 0 Å². The van der Waals surface area contributed by atoms with Crippen LogP contribution in [0.4, 0.5) is 0 Å². The van der Waals surface area contributed by atoms with Crippen molar-refractivity contribution in [3.8, 4) is 16.9 Å². The Hall–Kier alpha value is -2.97. The lowest BCUT2D eigenvalue weighted by Gasteiger charge is -2.42. The minimum absolute atomic E-state index is 0.00354. The SMILES string of the molecule is COc1ccc(S(=O)(=O)N2C[C@@H]3C[C@H](C2)c2ccc(-c4cccnc4)c(=O)n2C3)cc1. The zero-order valence-electron chi connectivity index (χ0n) is 17.1. The summed E-state index contributed by atoms with van der Waals surface area (Å²) in [7, 11) is -2.06. The quantitative estimate of drug-likeness (QED) is 0.627. The molecule has 0 saturated carbocycles. The number of nitrogens with zero attached hydrogens (tertiary/aromatic N) is 3. The van der Waals surface area contributed by atoms with Gasteiger partial charge in [0.25, 0.3) is 5.56 Å². The molecule has 0 aliphatic carbocycles. The second kappa shape index (κ2) is 7.62. The summed E-state index contributed by atoms with van der Waals surface area (Å²) in [6.45, 7) is 1.30. The molecule has 1 fully saturated rings. The predicted molar refractivity (Wildman–Crippen MR) is 117 cm³/mol. The molecule has 5 rings (SSSR count). The van der Waals surface area contributed by atoms with Gasteiger partial charge in [-0.1, -0.05) is 6.07 Å². The molecule has 160 valence electrons. The van der Waals surface area contributed by atoms with Crippen LogP contribution in [0, 0.1) is 5.92 Å². The fourth-order valence-corrected chi connectivity index (χ4v) is 6.30. The lowest BCUT2D eigenvalue weighted by molar-refractivity contribution is 0.186. The third-order valence-corrected chi connectivity index (χ3v) is 8.09. The van der Waals surface area contributed by atoms with Gasteiger partial charge in [-0.05, 0) is 54.8 Å². The van der Waals surface area contributed by atoms with E-state index in [1.807, 2.05) is 28.8 Å². The van der Waals surface area contributed by atoms with E-state index < -0.39 is 10.0 Å². The van der Waals surface area contributed by atoms with Crippen molar-refractivity contribution in [1.29, 1.82) is 0 Å². The van der Waals surface area contributed by atoms with Crippen molar-refractivity contribution in [2.75, 3.05) is 20.2 Å². The molecule has 2 aliphatic rings. The number of hydrogen-bond acceptors (Lipinski definition) is 5. The second-order valence-corrected chi connectivity index (χ2v) is 10.1. The van der Waals surface area contributed by atoms with E-state index in [-0.39, 0.29) is 22.3 Å². The first-order chi connectivity index (χ1) is 15.0. The minimum Gasteiger partial charge on any atom is -0.497 e. The lowest BCUT2D eigenvalue weighted by Crippen LogP contribution is -2.49. The van der Waals surface area contributed by atoms with E-state index in [0.29, 0.717) is 30.9 Å². The topological polar surface area (TPSA) is 81.5 Å². The Balaban J connectivity index is 1.47. The molecule has 2 aliphatic heterocycles. The Morgan fingerprint density at radius 2 is 1.84 bits per heavy atom. The molecule has 7 nitrogen and oxygen atoms in total. The summed E-state index contributed by atoms with van der Waals surface area (Å²) < 4.78 is 35.0. The van der Waals surface area contributed by atoms with E-state index in [4.69, 9.17) is 4.74 Å². The summed E-state index contributed by atoms with van der Waals surface area (Å²) in [4.78, 5) is 17.6. The molecule has 2 bridgehead atoms. The largest absolute Gasteiger partial charge is 0.497 e. The molecule has 0 radical (unpaired) electrons. The van der Waals surface area contributed by atoms with Crippen molar-refractivity contribution in [3.63, 3.8) is 0 Å². The summed E-state index contributed by atoms with van der Waals surface area (Å²) in [6.07, 6.45) is 4.26. The maximum absolute atomic E-state index is 13.2. The Morgan fingerprint density at radius 1 is 1.03 bits per heavy atom. The molecule has 0 unspecified atom stereocenters. The highest BCUT2D eigenvalue weighted by molar-refractivity contribution is 7.89. The van der Waals surface area contributed by atoms with Crippen LogP contribution >= 0.6 is 0 Å². The number of hydrogen-bond donors (Lipinski definition) is 0. The molecule has 4 heterocycles. The number of pyridine rings is 2. The van der Waals surface area contributed by atoms with E-state index >= 15 is 0 Å². The molecule has 8 heteroatoms. The molecule has 3 aromatic rings. The normalized spacial score (nSPS) is 20.8. The van der Waals surface area contributed by atoms with Crippen LogP contribution in [0.1, 0.15) is 18.0 Å². The van der Waals surface area contributed by atoms with Gasteiger partial charge in [-0.3, -0.25) is 9.78 Å². The Morgan fingerprint density at radius 3 is 2.55 bits per heavy atom. The highest BCUT2D eigenvalue weighted by atomic mass is 32.2. The molecule has 0 spiro atoms. The van der Waals surface area contributed by atoms with Crippen LogP contribution in [0.15, 0.2) is 70.6 Å². The summed E-state index contributed by atoms with van der Waals surface area (Å²) in [5.41, 5.74) is 2.29. The van der Waals surface area contributed by atoms with Gasteiger partial charge in [0.15, 0.2) is 0 Å². The summed E-state index contributed by atoms with van der Waals surface area (Å²) >= 11 is 0. The molecular formula is C23H23N3O4S. The molecule has 31 heavy (non-hydrogen) atoms. The van der Waals surface area contributed by atoms with Crippen LogP contribution < -0.4 is 10.3 Å². The zero-order valence-corrected chi connectivity index (χ0v) is 18.0. The number of fused-ring (bicyclic) bond motifs is 4. The zero-order chi connectivity index (χ0) is 21.6. The Labute approximate surface area is 181 Å². The van der Waals surface area contributed by atoms with Crippen LogP contribution in [0.25, 0.3) is 11.1 Å². The summed E-state index contributed by atoms with van der Waals surface area (Å²) in [5, 5.41) is 0. The molecule has 0 amide bonds. The number of rotatable bonds is 4. The van der Waals surface area contributed by atoms with Crippen molar-refractivity contribution < 1.29 is 13.2 Å². The summed E-state index contributed by atoms with van der Waals surface area (Å²) in [6, 6.07) is 14.0. The van der Waals surface area contributed by atoms with Gasteiger partial charge in [-0.15, -0.1) is 0 Å². The maximum atomic E-state index is 13.2. The number of ether oxygens (including phenoxy) is 1. The van der Waals surface area contributed by atoms with Gasteiger partial charge in [-0.2, -0.15) is 4.31 Å². The average molecular weight is 438 g/mol. The van der Waals surface area contributed by atoms with Gasteiger partial charge in [0, 0.05) is 54.8 Å². The van der Waals surface area contributed by atoms with Crippen LogP contribution in [-0.4, -0.2) is 42.5 Å². The third-order valence-electron chi connectivity index (χ3n) is 6.24. The van der Waals surface area contributed by atoms with E-state index in [0.717, 1.165) is 17.7 Å². The highest BCUT2D eigenvalue weighted by Gasteiger charge is 2.39. The second-order valence-electron chi connectivity index (χ2n) is 8.13. The molecule has 1 saturated heterocycles. The van der Waals surface area contributed by atoms with Gasteiger partial charge in [0.2, 0.25) is 10.0 Å². The van der Waals surface area contributed by atoms with Gasteiger partial charge < -0.3 is 9.30 Å². The fraction of sp³-hybridized carbons (Fsp3) is 0.304. The molecular weight excluding hydrogens is 414 g/mol. The van der Waals surface area contributed by atoms with Crippen molar-refractivity contribution in [1.82, 2.24) is 13.9 Å². The molecule has 2 atom stereocenters. The predicted octanol–water partition coefficient (Wildman–Crippen LogP) is 2.73. The van der Waals surface area contributed by atoms with Crippen LogP contribution in [0.2, 0.25) is 0 Å². The van der Waals surface area contributed by atoms with Crippen molar-refractivity contribution in [2.45, 2.75) is 23.8 Å². The summed E-state index contributed by atoms with van der Waals surface area (Å²) in [5.74, 6) is 0.712. The van der Waals surface area contributed by atoms with E-state index in [2.05, 4.69) is 4.98 Å². The Bertz CT molecular complexity index is 1270. The van der Waals surface area contributed by atoms with Gasteiger partial charge in [0.05, 0.1) is 12.0 Å². The lowest BCUT2D eigenvalue weighted by atomic mass is 9.84. The third kappa shape index (κ3) is 3.45. The number of benzene rings is 1. The van der Waals surface area contributed by atoms with E-state index in [1.54, 1.807) is 48.1 Å². The van der Waals surface area contributed by atoms with E-state index in [9.17, 15) is 13.2 Å². The van der Waals surface area contributed by atoms with Crippen LogP contribution in [0.5, 0.6) is 5.75 Å². The Kier molecular flexibility index (Phi) is 4.91. The minimum atomic E-state index is -3.61. The number of methoxy groups -OCH3 is 1. The fourth-order valence-electron chi connectivity index (χ4n) is 4.74. The monoisotopic (exact) mass is 437 g/mol. The molecule has 2 aromatic heterocycles. The first-order valence-electron chi connectivity index (χ1n) is 10.3.